The number of primary amides is 1. The number of nitrogens with zero attached hydrogens (tertiary/aromatic N) is 2. The lowest BCUT2D eigenvalue weighted by Gasteiger charge is -2.06. The molecule has 0 bridgehead atoms. The van der Waals surface area contributed by atoms with Crippen molar-refractivity contribution in [3.8, 4) is 17.0 Å². The maximum absolute atomic E-state index is 12.1. The highest BCUT2D eigenvalue weighted by Gasteiger charge is 2.07. The van der Waals surface area contributed by atoms with Crippen molar-refractivity contribution in [3.05, 3.63) is 66.2 Å². The number of benzene rings is 2. The van der Waals surface area contributed by atoms with Crippen LogP contribution in [0.2, 0.25) is 0 Å². The van der Waals surface area contributed by atoms with E-state index in [0.29, 0.717) is 16.3 Å². The second-order valence-electron chi connectivity index (χ2n) is 5.76. The SMILES string of the molecule is COc1ccc(-c2ccc(SCC(=O)Nc3ccc(C(N)=O)cc3)nn2)cc1. The summed E-state index contributed by atoms with van der Waals surface area (Å²) in [6, 6.07) is 17.6. The molecule has 3 aromatic rings. The van der Waals surface area contributed by atoms with Crippen LogP contribution >= 0.6 is 11.8 Å². The highest BCUT2D eigenvalue weighted by molar-refractivity contribution is 7.99. The summed E-state index contributed by atoms with van der Waals surface area (Å²) >= 11 is 1.29. The number of amides is 2. The van der Waals surface area contributed by atoms with Crippen molar-refractivity contribution in [1.82, 2.24) is 10.2 Å². The Labute approximate surface area is 166 Å². The van der Waals surface area contributed by atoms with E-state index in [4.69, 9.17) is 10.5 Å². The number of nitrogens with one attached hydrogen (secondary N) is 1. The molecule has 0 spiro atoms. The minimum absolute atomic E-state index is 0.183. The number of rotatable bonds is 7. The van der Waals surface area contributed by atoms with Crippen molar-refractivity contribution < 1.29 is 14.3 Å². The van der Waals surface area contributed by atoms with Gasteiger partial charge < -0.3 is 15.8 Å². The molecule has 0 fully saturated rings. The molecule has 0 saturated carbocycles. The van der Waals surface area contributed by atoms with Crippen LogP contribution in [-0.4, -0.2) is 34.9 Å². The molecule has 0 atom stereocenters. The number of carbonyl (C=O) groups is 2. The third-order valence-corrected chi connectivity index (χ3v) is 4.75. The Bertz CT molecular complexity index is 958. The highest BCUT2D eigenvalue weighted by Crippen LogP contribution is 2.22. The van der Waals surface area contributed by atoms with Crippen molar-refractivity contribution in [1.29, 1.82) is 0 Å². The van der Waals surface area contributed by atoms with E-state index in [1.54, 1.807) is 31.4 Å². The largest absolute Gasteiger partial charge is 0.497 e. The molecule has 0 unspecified atom stereocenters. The van der Waals surface area contributed by atoms with Crippen LogP contribution in [0.1, 0.15) is 10.4 Å². The van der Waals surface area contributed by atoms with Crippen LogP contribution in [0.15, 0.2) is 65.7 Å². The van der Waals surface area contributed by atoms with E-state index >= 15 is 0 Å². The molecule has 0 aliphatic carbocycles. The lowest BCUT2D eigenvalue weighted by molar-refractivity contribution is -0.113. The summed E-state index contributed by atoms with van der Waals surface area (Å²) < 4.78 is 5.14. The molecular formula is C20H18N4O3S. The van der Waals surface area contributed by atoms with Crippen LogP contribution in [0, 0.1) is 0 Å². The Morgan fingerprint density at radius 2 is 1.71 bits per heavy atom. The number of hydrogen-bond acceptors (Lipinski definition) is 6. The van der Waals surface area contributed by atoms with Gasteiger partial charge in [0.05, 0.1) is 18.6 Å². The Hall–Kier alpha value is -3.39. The number of methoxy groups -OCH3 is 1. The van der Waals surface area contributed by atoms with Crippen LogP contribution in [0.4, 0.5) is 5.69 Å². The second-order valence-corrected chi connectivity index (χ2v) is 6.76. The maximum Gasteiger partial charge on any atom is 0.248 e. The zero-order valence-electron chi connectivity index (χ0n) is 15.1. The zero-order chi connectivity index (χ0) is 19.9. The molecule has 1 aromatic heterocycles. The number of nitrogens with two attached hydrogens (primary N) is 1. The van der Waals surface area contributed by atoms with Gasteiger partial charge in [0, 0.05) is 16.8 Å². The molecule has 142 valence electrons. The van der Waals surface area contributed by atoms with E-state index in [9.17, 15) is 9.59 Å². The van der Waals surface area contributed by atoms with Gasteiger partial charge in [0.2, 0.25) is 11.8 Å². The van der Waals surface area contributed by atoms with Gasteiger partial charge in [0.1, 0.15) is 10.8 Å². The fourth-order valence-corrected chi connectivity index (χ4v) is 2.98. The Morgan fingerprint density at radius 1 is 1.00 bits per heavy atom. The number of carbonyl (C=O) groups excluding carboxylic acids is 2. The van der Waals surface area contributed by atoms with Gasteiger partial charge in [-0.25, -0.2) is 0 Å². The Morgan fingerprint density at radius 3 is 2.29 bits per heavy atom. The van der Waals surface area contributed by atoms with Crippen molar-refractivity contribution in [3.63, 3.8) is 0 Å². The van der Waals surface area contributed by atoms with Gasteiger partial charge in [-0.15, -0.1) is 10.2 Å². The Balaban J connectivity index is 1.53. The number of anilines is 1. The molecule has 3 N–H and O–H groups in total. The van der Waals surface area contributed by atoms with E-state index in [0.717, 1.165) is 17.0 Å². The molecule has 8 heteroatoms. The van der Waals surface area contributed by atoms with Gasteiger partial charge in [-0.05, 0) is 60.7 Å². The van der Waals surface area contributed by atoms with Crippen LogP contribution in [0.5, 0.6) is 5.75 Å². The molecule has 0 aliphatic rings. The lowest BCUT2D eigenvalue weighted by atomic mass is 10.1. The molecule has 0 aliphatic heterocycles. The van der Waals surface area contributed by atoms with Gasteiger partial charge in [-0.2, -0.15) is 0 Å². The number of ether oxygens (including phenoxy) is 1. The van der Waals surface area contributed by atoms with Crippen LogP contribution in [0.25, 0.3) is 11.3 Å². The van der Waals surface area contributed by atoms with E-state index in [2.05, 4.69) is 15.5 Å². The third-order valence-electron chi connectivity index (χ3n) is 3.83. The third kappa shape index (κ3) is 5.08. The summed E-state index contributed by atoms with van der Waals surface area (Å²) in [6.07, 6.45) is 0. The standard InChI is InChI=1S/C20H18N4O3S/c1-27-16-8-4-13(5-9-16)17-10-11-19(24-23-17)28-12-18(25)22-15-6-2-14(3-7-15)20(21)26/h2-11H,12H2,1H3,(H2,21,26)(H,22,25). The smallest absolute Gasteiger partial charge is 0.248 e. The summed E-state index contributed by atoms with van der Waals surface area (Å²) in [4.78, 5) is 23.1. The molecule has 28 heavy (non-hydrogen) atoms. The molecule has 0 radical (unpaired) electrons. The minimum atomic E-state index is -0.509. The van der Waals surface area contributed by atoms with E-state index in [1.807, 2.05) is 36.4 Å². The predicted octanol–water partition coefficient (Wildman–Crippen LogP) is 2.98. The van der Waals surface area contributed by atoms with Crippen molar-refractivity contribution in [2.24, 2.45) is 5.73 Å². The van der Waals surface area contributed by atoms with Crippen molar-refractivity contribution >= 4 is 29.3 Å². The maximum atomic E-state index is 12.1. The molecule has 1 heterocycles. The fourth-order valence-electron chi connectivity index (χ4n) is 2.37. The second kappa shape index (κ2) is 9.01. The first-order valence-corrected chi connectivity index (χ1v) is 9.34. The van der Waals surface area contributed by atoms with Gasteiger partial charge in [-0.1, -0.05) is 11.8 Å². The normalized spacial score (nSPS) is 10.3. The fraction of sp³-hybridized carbons (Fsp3) is 0.100. The summed E-state index contributed by atoms with van der Waals surface area (Å²) in [7, 11) is 1.62. The first kappa shape index (κ1) is 19.4. The average molecular weight is 394 g/mol. The lowest BCUT2D eigenvalue weighted by Crippen LogP contribution is -2.15. The van der Waals surface area contributed by atoms with Gasteiger partial charge in [-0.3, -0.25) is 9.59 Å². The summed E-state index contributed by atoms with van der Waals surface area (Å²) in [5.41, 5.74) is 7.85. The summed E-state index contributed by atoms with van der Waals surface area (Å²) in [5, 5.41) is 11.8. The highest BCUT2D eigenvalue weighted by atomic mass is 32.2. The average Bonchev–Trinajstić information content (AvgIpc) is 2.73. The molecule has 2 amide bonds. The molecule has 7 nitrogen and oxygen atoms in total. The number of thioether (sulfide) groups is 1. The Kier molecular flexibility index (Phi) is 6.23. The van der Waals surface area contributed by atoms with Crippen LogP contribution in [-0.2, 0) is 4.79 Å². The number of aromatic nitrogens is 2. The zero-order valence-corrected chi connectivity index (χ0v) is 15.9. The van der Waals surface area contributed by atoms with Crippen molar-refractivity contribution in [2.45, 2.75) is 5.03 Å². The predicted molar refractivity (Wildman–Crippen MR) is 108 cm³/mol. The van der Waals surface area contributed by atoms with Gasteiger partial charge >= 0.3 is 0 Å². The molecule has 3 rings (SSSR count). The minimum Gasteiger partial charge on any atom is -0.497 e. The first-order valence-electron chi connectivity index (χ1n) is 8.36. The summed E-state index contributed by atoms with van der Waals surface area (Å²) in [5.74, 6) is 0.274. The monoisotopic (exact) mass is 394 g/mol. The number of hydrogen-bond donors (Lipinski definition) is 2. The van der Waals surface area contributed by atoms with Gasteiger partial charge in [0.15, 0.2) is 0 Å². The van der Waals surface area contributed by atoms with E-state index in [-0.39, 0.29) is 11.7 Å². The summed E-state index contributed by atoms with van der Waals surface area (Å²) in [6.45, 7) is 0. The molecule has 2 aromatic carbocycles. The molecule has 0 saturated heterocycles. The van der Waals surface area contributed by atoms with E-state index in [1.165, 1.54) is 11.8 Å². The quantitative estimate of drug-likeness (QED) is 0.597. The van der Waals surface area contributed by atoms with E-state index < -0.39 is 5.91 Å². The molecular weight excluding hydrogens is 376 g/mol. The topological polar surface area (TPSA) is 107 Å². The van der Waals surface area contributed by atoms with Crippen molar-refractivity contribution in [2.75, 3.05) is 18.2 Å². The van der Waals surface area contributed by atoms with Crippen LogP contribution < -0.4 is 15.8 Å². The first-order chi connectivity index (χ1) is 13.5. The van der Waals surface area contributed by atoms with Gasteiger partial charge in [0.25, 0.3) is 0 Å². The van der Waals surface area contributed by atoms with Crippen LogP contribution in [0.3, 0.4) is 0 Å².